The Hall–Kier alpha value is -2.68. The monoisotopic (exact) mass is 333 g/mol. The van der Waals surface area contributed by atoms with E-state index in [4.69, 9.17) is 0 Å². The lowest BCUT2D eigenvalue weighted by molar-refractivity contribution is -0.141. The van der Waals surface area contributed by atoms with Crippen molar-refractivity contribution < 1.29 is 14.3 Å². The van der Waals surface area contributed by atoms with Gasteiger partial charge in [-0.05, 0) is 37.5 Å². The fraction of sp³-hybridized carbons (Fsp3) is 0.286. The second-order valence-corrected chi connectivity index (χ2v) is 5.28. The number of hydrazone groups is 1. The van der Waals surface area contributed by atoms with Crippen LogP contribution in [0, 0.1) is 6.92 Å². The molecule has 1 amide bonds. The van der Waals surface area contributed by atoms with Gasteiger partial charge >= 0.3 is 5.97 Å². The minimum absolute atomic E-state index is 0.309. The maximum atomic E-state index is 12.6. The van der Waals surface area contributed by atoms with Crippen LogP contribution in [0.4, 0.5) is 0 Å². The van der Waals surface area contributed by atoms with Gasteiger partial charge in [-0.15, -0.1) is 5.10 Å². The molecule has 9 heteroatoms. The molecule has 0 saturated carbocycles. The molecule has 0 aliphatic heterocycles. The Labute approximate surface area is 137 Å². The SMILES string of the molecule is COC(=O)CN(/N=C(\C)c1ccccn1)C(=O)c1snnc1C. The number of carbonyl (C=O) groups excluding carboxylic acids is 2. The highest BCUT2D eigenvalue weighted by atomic mass is 32.1. The zero-order valence-corrected chi connectivity index (χ0v) is 13.7. The largest absolute Gasteiger partial charge is 0.468 e. The van der Waals surface area contributed by atoms with Gasteiger partial charge in [0, 0.05) is 6.20 Å². The van der Waals surface area contributed by atoms with Gasteiger partial charge < -0.3 is 4.74 Å². The summed E-state index contributed by atoms with van der Waals surface area (Å²) in [6.45, 7) is 3.07. The van der Waals surface area contributed by atoms with Crippen molar-refractivity contribution in [1.82, 2.24) is 19.6 Å². The lowest BCUT2D eigenvalue weighted by atomic mass is 10.2. The molecule has 2 heterocycles. The van der Waals surface area contributed by atoms with E-state index in [1.54, 1.807) is 32.2 Å². The van der Waals surface area contributed by atoms with Gasteiger partial charge in [0.1, 0.15) is 11.4 Å². The van der Waals surface area contributed by atoms with Gasteiger partial charge in [0.15, 0.2) is 0 Å². The third-order valence-electron chi connectivity index (χ3n) is 2.89. The Morgan fingerprint density at radius 1 is 1.39 bits per heavy atom. The Morgan fingerprint density at radius 3 is 2.74 bits per heavy atom. The highest BCUT2D eigenvalue weighted by molar-refractivity contribution is 7.07. The van der Waals surface area contributed by atoms with Gasteiger partial charge in [0.25, 0.3) is 5.91 Å². The molecule has 23 heavy (non-hydrogen) atoms. The van der Waals surface area contributed by atoms with Crippen LogP contribution in [-0.2, 0) is 9.53 Å². The Kier molecular flexibility index (Phi) is 5.47. The third-order valence-corrected chi connectivity index (χ3v) is 3.71. The summed E-state index contributed by atoms with van der Waals surface area (Å²) in [4.78, 5) is 28.6. The smallest absolute Gasteiger partial charge is 0.327 e. The molecule has 0 N–H and O–H groups in total. The van der Waals surface area contributed by atoms with Crippen LogP contribution in [0.2, 0.25) is 0 Å². The van der Waals surface area contributed by atoms with Crippen LogP contribution in [0.15, 0.2) is 29.5 Å². The van der Waals surface area contributed by atoms with Crippen molar-refractivity contribution in [3.8, 4) is 0 Å². The van der Waals surface area contributed by atoms with Crippen LogP contribution < -0.4 is 0 Å². The first-order valence-electron chi connectivity index (χ1n) is 6.67. The highest BCUT2D eigenvalue weighted by Gasteiger charge is 2.23. The van der Waals surface area contributed by atoms with Crippen LogP contribution in [0.1, 0.15) is 28.0 Å². The van der Waals surface area contributed by atoms with Gasteiger partial charge in [-0.25, -0.2) is 5.01 Å². The second kappa shape index (κ2) is 7.54. The van der Waals surface area contributed by atoms with Crippen molar-refractivity contribution in [1.29, 1.82) is 0 Å². The Bertz CT molecular complexity index is 729. The number of rotatable bonds is 5. The molecule has 0 aromatic carbocycles. The van der Waals surface area contributed by atoms with Gasteiger partial charge in [0.05, 0.1) is 24.2 Å². The van der Waals surface area contributed by atoms with E-state index < -0.39 is 11.9 Å². The lowest BCUT2D eigenvalue weighted by Crippen LogP contribution is -2.33. The first-order valence-corrected chi connectivity index (χ1v) is 7.44. The summed E-state index contributed by atoms with van der Waals surface area (Å²) in [5.41, 5.74) is 1.59. The number of ether oxygens (including phenoxy) is 1. The van der Waals surface area contributed by atoms with Crippen molar-refractivity contribution >= 4 is 29.1 Å². The number of hydrogen-bond donors (Lipinski definition) is 0. The number of esters is 1. The minimum Gasteiger partial charge on any atom is -0.468 e. The molecular weight excluding hydrogens is 318 g/mol. The van der Waals surface area contributed by atoms with E-state index in [9.17, 15) is 9.59 Å². The second-order valence-electron chi connectivity index (χ2n) is 4.53. The van der Waals surface area contributed by atoms with E-state index in [1.807, 2.05) is 6.07 Å². The number of methoxy groups -OCH3 is 1. The maximum absolute atomic E-state index is 12.6. The molecule has 0 saturated heterocycles. The van der Waals surface area contributed by atoms with Crippen molar-refractivity contribution in [2.24, 2.45) is 5.10 Å². The van der Waals surface area contributed by atoms with E-state index in [0.29, 0.717) is 22.0 Å². The quantitative estimate of drug-likeness (QED) is 0.464. The number of amides is 1. The molecule has 0 bridgehead atoms. The molecule has 0 aliphatic carbocycles. The highest BCUT2D eigenvalue weighted by Crippen LogP contribution is 2.14. The molecule has 0 aliphatic rings. The normalized spacial score (nSPS) is 11.2. The summed E-state index contributed by atoms with van der Waals surface area (Å²) < 4.78 is 8.35. The van der Waals surface area contributed by atoms with Crippen LogP contribution in [0.5, 0.6) is 0 Å². The van der Waals surface area contributed by atoms with E-state index in [2.05, 4.69) is 24.4 Å². The summed E-state index contributed by atoms with van der Waals surface area (Å²) in [6, 6.07) is 5.35. The predicted octanol–water partition coefficient (Wildman–Crippen LogP) is 1.28. The number of hydrogen-bond acceptors (Lipinski definition) is 8. The van der Waals surface area contributed by atoms with E-state index >= 15 is 0 Å². The van der Waals surface area contributed by atoms with Gasteiger partial charge in [-0.1, -0.05) is 10.6 Å². The molecule has 0 spiro atoms. The number of aromatic nitrogens is 3. The summed E-state index contributed by atoms with van der Waals surface area (Å²) in [5.74, 6) is -1.04. The summed E-state index contributed by atoms with van der Waals surface area (Å²) in [5, 5.41) is 9.06. The van der Waals surface area contributed by atoms with E-state index in [-0.39, 0.29) is 6.54 Å². The summed E-state index contributed by atoms with van der Waals surface area (Å²) in [6.07, 6.45) is 1.62. The van der Waals surface area contributed by atoms with Crippen molar-refractivity contribution in [3.05, 3.63) is 40.7 Å². The molecule has 2 aromatic rings. The molecule has 8 nitrogen and oxygen atoms in total. The predicted molar refractivity (Wildman–Crippen MR) is 84.1 cm³/mol. The zero-order chi connectivity index (χ0) is 16.8. The number of aryl methyl sites for hydroxylation is 1. The topological polar surface area (TPSA) is 97.6 Å². The standard InChI is InChI=1S/C14H15N5O3S/c1-9(11-6-4-5-7-15-11)17-19(8-12(20)22-3)14(21)13-10(2)16-18-23-13/h4-7H,8H2,1-3H3/b17-9+. The molecule has 0 fully saturated rings. The molecule has 0 unspecified atom stereocenters. The van der Waals surface area contributed by atoms with Crippen LogP contribution >= 0.6 is 11.5 Å². The zero-order valence-electron chi connectivity index (χ0n) is 12.9. The molecule has 0 atom stereocenters. The van der Waals surface area contributed by atoms with E-state index in [1.165, 1.54) is 7.11 Å². The average molecular weight is 333 g/mol. The van der Waals surface area contributed by atoms with Crippen LogP contribution in [0.25, 0.3) is 0 Å². The van der Waals surface area contributed by atoms with Crippen molar-refractivity contribution in [2.75, 3.05) is 13.7 Å². The third kappa shape index (κ3) is 4.16. The first-order chi connectivity index (χ1) is 11.0. The number of carbonyl (C=O) groups is 2. The first kappa shape index (κ1) is 16.7. The maximum Gasteiger partial charge on any atom is 0.327 e. The Balaban J connectivity index is 2.33. The summed E-state index contributed by atoms with van der Waals surface area (Å²) >= 11 is 0.954. The molecule has 120 valence electrons. The van der Waals surface area contributed by atoms with Crippen LogP contribution in [-0.4, -0.2) is 50.8 Å². The molecule has 2 aromatic heterocycles. The fourth-order valence-electron chi connectivity index (χ4n) is 1.69. The van der Waals surface area contributed by atoms with Crippen molar-refractivity contribution in [2.45, 2.75) is 13.8 Å². The minimum atomic E-state index is -0.578. The molecule has 2 rings (SSSR count). The Morgan fingerprint density at radius 2 is 2.17 bits per heavy atom. The van der Waals surface area contributed by atoms with Crippen LogP contribution in [0.3, 0.4) is 0 Å². The van der Waals surface area contributed by atoms with Gasteiger partial charge in [0.2, 0.25) is 0 Å². The average Bonchev–Trinajstić information content (AvgIpc) is 3.00. The molecular formula is C14H15N5O3S. The number of nitrogens with zero attached hydrogens (tertiary/aromatic N) is 5. The summed E-state index contributed by atoms with van der Waals surface area (Å²) in [7, 11) is 1.25. The lowest BCUT2D eigenvalue weighted by Gasteiger charge is -2.16. The van der Waals surface area contributed by atoms with Gasteiger partial charge in [-0.2, -0.15) is 5.10 Å². The van der Waals surface area contributed by atoms with Crippen molar-refractivity contribution in [3.63, 3.8) is 0 Å². The number of pyridine rings is 1. The van der Waals surface area contributed by atoms with Gasteiger partial charge in [-0.3, -0.25) is 14.6 Å². The molecule has 0 radical (unpaired) electrons. The fourth-order valence-corrected chi connectivity index (χ4v) is 2.29. The van der Waals surface area contributed by atoms with E-state index in [0.717, 1.165) is 16.5 Å².